The molecule has 8 heavy (non-hydrogen) atoms. The molecule has 1 fully saturated rings. The van der Waals surface area contributed by atoms with E-state index in [-0.39, 0.29) is 0 Å². The summed E-state index contributed by atoms with van der Waals surface area (Å²) in [5, 5.41) is 0. The monoisotopic (exact) mass is 134 g/mol. The van der Waals surface area contributed by atoms with Crippen LogP contribution in [0.25, 0.3) is 0 Å². The van der Waals surface area contributed by atoms with E-state index in [9.17, 15) is 0 Å². The Balaban J connectivity index is 2.52. The van der Waals surface area contributed by atoms with E-state index >= 15 is 0 Å². The van der Waals surface area contributed by atoms with Gasteiger partial charge in [-0.2, -0.15) is 0 Å². The Morgan fingerprint density at radius 3 is 1.62 bits per heavy atom. The lowest BCUT2D eigenvalue weighted by Gasteiger charge is -2.40. The van der Waals surface area contributed by atoms with E-state index < -0.39 is 19.9 Å². The fourth-order valence-corrected chi connectivity index (χ4v) is 2.05. The van der Waals surface area contributed by atoms with Crippen LogP contribution in [-0.2, 0) is 0 Å². The number of rotatable bonds is 0. The minimum absolute atomic E-state index is 0.419. The molecule has 0 aliphatic carbocycles. The smallest absolute Gasteiger partial charge is 0.367 e. The SMILES string of the molecule is NC1CC(N)[Si]1(O)O. The van der Waals surface area contributed by atoms with E-state index in [1.807, 2.05) is 0 Å². The Bertz CT molecular complexity index is 97.5. The molecule has 5 heteroatoms. The summed E-state index contributed by atoms with van der Waals surface area (Å²) in [4.78, 5) is 17.8. The van der Waals surface area contributed by atoms with Crippen LogP contribution >= 0.6 is 0 Å². The highest BCUT2D eigenvalue weighted by molar-refractivity contribution is 6.71. The second-order valence-electron chi connectivity index (χ2n) is 2.23. The minimum Gasteiger partial charge on any atom is -0.409 e. The highest BCUT2D eigenvalue weighted by atomic mass is 28.4. The highest BCUT2D eigenvalue weighted by Gasteiger charge is 2.53. The molecular formula is C3H10N2O2Si. The van der Waals surface area contributed by atoms with Crippen molar-refractivity contribution in [2.75, 3.05) is 0 Å². The fraction of sp³-hybridized carbons (Fsp3) is 1.00. The fourth-order valence-electron chi connectivity index (χ4n) is 0.735. The van der Waals surface area contributed by atoms with Crippen molar-refractivity contribution >= 4 is 8.56 Å². The summed E-state index contributed by atoms with van der Waals surface area (Å²) in [6, 6.07) is 0. The van der Waals surface area contributed by atoms with E-state index in [4.69, 9.17) is 21.1 Å². The molecule has 0 aromatic carbocycles. The van der Waals surface area contributed by atoms with Gasteiger partial charge in [-0.3, -0.25) is 0 Å². The molecule has 6 N–H and O–H groups in total. The predicted octanol–water partition coefficient (Wildman–Crippen LogP) is -2.45. The molecular weight excluding hydrogens is 124 g/mol. The van der Waals surface area contributed by atoms with Crippen LogP contribution in [0.4, 0.5) is 0 Å². The third-order valence-electron chi connectivity index (χ3n) is 1.60. The van der Waals surface area contributed by atoms with Crippen LogP contribution in [0.3, 0.4) is 0 Å². The Morgan fingerprint density at radius 2 is 1.62 bits per heavy atom. The second-order valence-corrected chi connectivity index (χ2v) is 5.28. The Morgan fingerprint density at radius 1 is 1.25 bits per heavy atom. The lowest BCUT2D eigenvalue weighted by Crippen LogP contribution is -2.75. The molecule has 48 valence electrons. The lowest BCUT2D eigenvalue weighted by atomic mass is 10.4. The third-order valence-corrected chi connectivity index (χ3v) is 4.25. The first-order chi connectivity index (χ1) is 3.55. The first kappa shape index (κ1) is 6.18. The van der Waals surface area contributed by atoms with Gasteiger partial charge < -0.3 is 21.1 Å². The molecule has 0 amide bonds. The summed E-state index contributed by atoms with van der Waals surface area (Å²) < 4.78 is 0. The quantitative estimate of drug-likeness (QED) is 0.277. The standard InChI is InChI=1S/C3H10N2O2Si/c4-2-1-3(5)8(2,6)7/h2-3,6-7H,1,4-5H2. The first-order valence-corrected chi connectivity index (χ1v) is 4.56. The molecule has 4 nitrogen and oxygen atoms in total. The van der Waals surface area contributed by atoms with Gasteiger partial charge in [0.1, 0.15) is 0 Å². The zero-order valence-electron chi connectivity index (χ0n) is 4.41. The van der Waals surface area contributed by atoms with Crippen LogP contribution in [-0.4, -0.2) is 29.5 Å². The predicted molar refractivity (Wildman–Crippen MR) is 30.8 cm³/mol. The van der Waals surface area contributed by atoms with Crippen LogP contribution in [0, 0.1) is 0 Å². The number of hydrogen-bond acceptors (Lipinski definition) is 4. The van der Waals surface area contributed by atoms with Gasteiger partial charge >= 0.3 is 8.56 Å². The van der Waals surface area contributed by atoms with E-state index in [1.54, 1.807) is 0 Å². The molecule has 1 rings (SSSR count). The maximum Gasteiger partial charge on any atom is 0.367 e. The average Bonchev–Trinajstić information content (AvgIpc) is 1.68. The molecule has 1 aliphatic heterocycles. The molecule has 1 saturated heterocycles. The molecule has 0 aromatic rings. The summed E-state index contributed by atoms with van der Waals surface area (Å²) in [6.07, 6.45) is 0.555. The van der Waals surface area contributed by atoms with Crippen LogP contribution in [0.5, 0.6) is 0 Å². The van der Waals surface area contributed by atoms with Crippen LogP contribution in [0.2, 0.25) is 0 Å². The molecule has 0 radical (unpaired) electrons. The second kappa shape index (κ2) is 1.52. The van der Waals surface area contributed by atoms with Crippen LogP contribution in [0.1, 0.15) is 6.42 Å². The Labute approximate surface area is 48.4 Å². The highest BCUT2D eigenvalue weighted by Crippen LogP contribution is 2.20. The molecule has 2 atom stereocenters. The number of nitrogens with two attached hydrogens (primary N) is 2. The van der Waals surface area contributed by atoms with Crippen molar-refractivity contribution in [3.8, 4) is 0 Å². The minimum atomic E-state index is -3.10. The average molecular weight is 134 g/mol. The summed E-state index contributed by atoms with van der Waals surface area (Å²) in [7, 11) is -3.10. The third kappa shape index (κ3) is 0.601. The van der Waals surface area contributed by atoms with Crippen molar-refractivity contribution < 1.29 is 9.59 Å². The molecule has 0 aromatic heterocycles. The molecule has 1 heterocycles. The van der Waals surface area contributed by atoms with Gasteiger partial charge in [-0.1, -0.05) is 0 Å². The summed E-state index contributed by atoms with van der Waals surface area (Å²) in [5.74, 6) is 0. The van der Waals surface area contributed by atoms with Gasteiger partial charge in [0.05, 0.1) is 11.3 Å². The van der Waals surface area contributed by atoms with Gasteiger partial charge in [-0.15, -0.1) is 0 Å². The van der Waals surface area contributed by atoms with Gasteiger partial charge in [-0.05, 0) is 6.42 Å². The normalized spacial score (nSPS) is 43.5. The summed E-state index contributed by atoms with van der Waals surface area (Å²) in [6.45, 7) is 0. The van der Waals surface area contributed by atoms with Crippen molar-refractivity contribution in [2.24, 2.45) is 11.5 Å². The van der Waals surface area contributed by atoms with Gasteiger partial charge in [0.2, 0.25) is 0 Å². The molecule has 0 saturated carbocycles. The Hall–Kier alpha value is 0.0569. The zero-order valence-corrected chi connectivity index (χ0v) is 5.41. The summed E-state index contributed by atoms with van der Waals surface area (Å²) >= 11 is 0. The van der Waals surface area contributed by atoms with Crippen molar-refractivity contribution in [1.82, 2.24) is 0 Å². The molecule has 0 spiro atoms. The van der Waals surface area contributed by atoms with E-state index in [2.05, 4.69) is 0 Å². The number of hydrogen-bond donors (Lipinski definition) is 4. The van der Waals surface area contributed by atoms with Gasteiger partial charge in [0, 0.05) is 0 Å². The van der Waals surface area contributed by atoms with Gasteiger partial charge in [0.25, 0.3) is 0 Å². The van der Waals surface area contributed by atoms with E-state index in [0.717, 1.165) is 0 Å². The molecule has 1 aliphatic rings. The molecule has 0 bridgehead atoms. The Kier molecular flexibility index (Phi) is 1.17. The molecule has 2 unspecified atom stereocenters. The van der Waals surface area contributed by atoms with Crippen molar-refractivity contribution in [2.45, 2.75) is 17.8 Å². The van der Waals surface area contributed by atoms with Gasteiger partial charge in [-0.25, -0.2) is 0 Å². The van der Waals surface area contributed by atoms with Crippen LogP contribution in [0.15, 0.2) is 0 Å². The van der Waals surface area contributed by atoms with Crippen molar-refractivity contribution in [3.05, 3.63) is 0 Å². The van der Waals surface area contributed by atoms with Crippen LogP contribution < -0.4 is 11.5 Å². The first-order valence-electron chi connectivity index (χ1n) is 2.51. The largest absolute Gasteiger partial charge is 0.409 e. The van der Waals surface area contributed by atoms with E-state index in [1.165, 1.54) is 0 Å². The van der Waals surface area contributed by atoms with Gasteiger partial charge in [0.15, 0.2) is 0 Å². The zero-order chi connectivity index (χ0) is 6.36. The summed E-state index contributed by atoms with van der Waals surface area (Å²) in [5.41, 5.74) is 9.62. The lowest BCUT2D eigenvalue weighted by molar-refractivity contribution is 0.270. The topological polar surface area (TPSA) is 92.5 Å². The maximum atomic E-state index is 8.89. The van der Waals surface area contributed by atoms with Crippen molar-refractivity contribution in [3.63, 3.8) is 0 Å². The maximum absolute atomic E-state index is 8.89. The van der Waals surface area contributed by atoms with E-state index in [0.29, 0.717) is 6.42 Å². The van der Waals surface area contributed by atoms with Crippen molar-refractivity contribution in [1.29, 1.82) is 0 Å².